The molecule has 1 fully saturated rings. The van der Waals surface area contributed by atoms with E-state index in [1.807, 2.05) is 13.8 Å². The van der Waals surface area contributed by atoms with E-state index in [4.69, 9.17) is 5.11 Å². The molecule has 0 heterocycles. The number of carbonyl (C=O) groups is 1. The Morgan fingerprint density at radius 2 is 2.11 bits per heavy atom. The van der Waals surface area contributed by atoms with Gasteiger partial charge in [0.25, 0.3) is 0 Å². The van der Waals surface area contributed by atoms with Crippen molar-refractivity contribution in [2.45, 2.75) is 13.8 Å². The van der Waals surface area contributed by atoms with Crippen LogP contribution in [0.25, 0.3) is 0 Å². The molecule has 1 aliphatic carbocycles. The van der Waals surface area contributed by atoms with E-state index in [0.29, 0.717) is 0 Å². The Labute approximate surface area is 54.2 Å². The van der Waals surface area contributed by atoms with Crippen LogP contribution in [0.3, 0.4) is 0 Å². The van der Waals surface area contributed by atoms with Gasteiger partial charge in [-0.05, 0) is 0 Å². The summed E-state index contributed by atoms with van der Waals surface area (Å²) in [6.45, 7) is 7.44. The molecule has 1 saturated carbocycles. The van der Waals surface area contributed by atoms with Gasteiger partial charge in [0, 0.05) is 5.41 Å². The van der Waals surface area contributed by atoms with Gasteiger partial charge in [0.1, 0.15) is 0 Å². The Morgan fingerprint density at radius 1 is 1.78 bits per heavy atom. The first-order chi connectivity index (χ1) is 3.98. The van der Waals surface area contributed by atoms with Gasteiger partial charge in [0.2, 0.25) is 0 Å². The van der Waals surface area contributed by atoms with Crippen molar-refractivity contribution < 1.29 is 9.90 Å². The molecule has 0 spiro atoms. The highest BCUT2D eigenvalue weighted by atomic mass is 16.4. The zero-order chi connectivity index (χ0) is 7.23. The summed E-state index contributed by atoms with van der Waals surface area (Å²) in [4.78, 5) is 10.3. The minimum absolute atomic E-state index is 0.147. The normalized spacial score (nSPS) is 30.0. The van der Waals surface area contributed by atoms with Crippen molar-refractivity contribution in [1.29, 1.82) is 0 Å². The highest BCUT2D eigenvalue weighted by molar-refractivity contribution is 5.81. The summed E-state index contributed by atoms with van der Waals surface area (Å²) < 4.78 is 0. The number of carboxylic acid groups (broad SMARTS) is 1. The molecule has 2 nitrogen and oxygen atoms in total. The maximum atomic E-state index is 10.3. The van der Waals surface area contributed by atoms with Crippen molar-refractivity contribution >= 4 is 5.97 Å². The van der Waals surface area contributed by atoms with Gasteiger partial charge in [-0.1, -0.05) is 26.0 Å². The van der Waals surface area contributed by atoms with Crippen LogP contribution in [-0.4, -0.2) is 11.1 Å². The van der Waals surface area contributed by atoms with E-state index in [2.05, 4.69) is 6.58 Å². The number of hydrogen-bond donors (Lipinski definition) is 1. The van der Waals surface area contributed by atoms with E-state index in [-0.39, 0.29) is 11.3 Å². The molecule has 0 aromatic rings. The van der Waals surface area contributed by atoms with Crippen LogP contribution in [0.1, 0.15) is 13.8 Å². The molecule has 50 valence electrons. The standard InChI is InChI=1S/C7H10O2/c1-4-5(6(8)9)7(4,2)3/h5H,1H2,2-3H3,(H,8,9). The van der Waals surface area contributed by atoms with Gasteiger partial charge in [-0.25, -0.2) is 0 Å². The zero-order valence-corrected chi connectivity index (χ0v) is 5.64. The van der Waals surface area contributed by atoms with Crippen LogP contribution in [-0.2, 0) is 4.79 Å². The molecule has 0 saturated heterocycles. The molecule has 0 aliphatic heterocycles. The number of aliphatic carboxylic acids is 1. The van der Waals surface area contributed by atoms with Crippen LogP contribution in [0.5, 0.6) is 0 Å². The van der Waals surface area contributed by atoms with E-state index >= 15 is 0 Å². The van der Waals surface area contributed by atoms with Crippen LogP contribution < -0.4 is 0 Å². The maximum absolute atomic E-state index is 10.3. The second-order valence-electron chi connectivity index (χ2n) is 3.02. The second kappa shape index (κ2) is 1.38. The lowest BCUT2D eigenvalue weighted by atomic mass is 10.1. The summed E-state index contributed by atoms with van der Waals surface area (Å²) in [5.41, 5.74) is 0.696. The molecule has 9 heavy (non-hydrogen) atoms. The third kappa shape index (κ3) is 0.661. The molecule has 0 bridgehead atoms. The highest BCUT2D eigenvalue weighted by Gasteiger charge is 2.55. The molecule has 1 N–H and O–H groups in total. The third-order valence-electron chi connectivity index (χ3n) is 2.06. The molecule has 0 aromatic carbocycles. The van der Waals surface area contributed by atoms with Crippen LogP contribution >= 0.6 is 0 Å². The van der Waals surface area contributed by atoms with Gasteiger partial charge in [-0.15, -0.1) is 0 Å². The lowest BCUT2D eigenvalue weighted by Gasteiger charge is -1.93. The van der Waals surface area contributed by atoms with E-state index in [0.717, 1.165) is 5.57 Å². The molecule has 1 unspecified atom stereocenters. The monoisotopic (exact) mass is 126 g/mol. The van der Waals surface area contributed by atoms with Crippen LogP contribution in [0.4, 0.5) is 0 Å². The minimum atomic E-state index is -0.745. The third-order valence-corrected chi connectivity index (χ3v) is 2.06. The maximum Gasteiger partial charge on any atom is 0.311 e. The van der Waals surface area contributed by atoms with Crippen molar-refractivity contribution in [1.82, 2.24) is 0 Å². The first-order valence-electron chi connectivity index (χ1n) is 2.90. The Hall–Kier alpha value is -0.790. The van der Waals surface area contributed by atoms with Crippen molar-refractivity contribution in [2.75, 3.05) is 0 Å². The van der Waals surface area contributed by atoms with E-state index in [1.165, 1.54) is 0 Å². The SMILES string of the molecule is C=C1C(C(=O)O)C1(C)C. The summed E-state index contributed by atoms with van der Waals surface area (Å²) in [5.74, 6) is -1.04. The Kier molecular flexibility index (Phi) is 0.969. The van der Waals surface area contributed by atoms with Crippen molar-refractivity contribution in [3.05, 3.63) is 12.2 Å². The fourth-order valence-corrected chi connectivity index (χ4v) is 1.09. The topological polar surface area (TPSA) is 37.3 Å². The first-order valence-corrected chi connectivity index (χ1v) is 2.90. The second-order valence-corrected chi connectivity index (χ2v) is 3.02. The largest absolute Gasteiger partial charge is 0.481 e. The predicted molar refractivity (Wildman–Crippen MR) is 34.0 cm³/mol. The predicted octanol–water partition coefficient (Wildman–Crippen LogP) is 1.28. The zero-order valence-electron chi connectivity index (χ0n) is 5.64. The molecule has 1 aliphatic rings. The first kappa shape index (κ1) is 6.33. The van der Waals surface area contributed by atoms with Gasteiger partial charge in [0.05, 0.1) is 5.92 Å². The van der Waals surface area contributed by atoms with E-state index < -0.39 is 5.97 Å². The molecular weight excluding hydrogens is 116 g/mol. The summed E-state index contributed by atoms with van der Waals surface area (Å²) in [6, 6.07) is 0. The molecule has 1 rings (SSSR count). The molecule has 0 amide bonds. The van der Waals surface area contributed by atoms with Gasteiger partial charge >= 0.3 is 5.97 Å². The van der Waals surface area contributed by atoms with E-state index in [1.54, 1.807) is 0 Å². The number of carboxylic acids is 1. The number of rotatable bonds is 1. The van der Waals surface area contributed by atoms with Crippen molar-refractivity contribution in [3.63, 3.8) is 0 Å². The summed E-state index contributed by atoms with van der Waals surface area (Å²) in [5, 5.41) is 8.50. The Morgan fingerprint density at radius 3 is 2.11 bits per heavy atom. The van der Waals surface area contributed by atoms with Crippen molar-refractivity contribution in [2.24, 2.45) is 11.3 Å². The minimum Gasteiger partial charge on any atom is -0.481 e. The molecule has 1 atom stereocenters. The van der Waals surface area contributed by atoms with E-state index in [9.17, 15) is 4.79 Å². The summed E-state index contributed by atoms with van der Waals surface area (Å²) in [6.07, 6.45) is 0. The molecule has 0 radical (unpaired) electrons. The van der Waals surface area contributed by atoms with Crippen molar-refractivity contribution in [3.8, 4) is 0 Å². The van der Waals surface area contributed by atoms with Crippen LogP contribution in [0.15, 0.2) is 12.2 Å². The van der Waals surface area contributed by atoms with Gasteiger partial charge in [-0.2, -0.15) is 0 Å². The summed E-state index contributed by atoms with van der Waals surface area (Å²) in [7, 11) is 0. The van der Waals surface area contributed by atoms with Gasteiger partial charge in [0.15, 0.2) is 0 Å². The molecular formula is C7H10O2. The average Bonchev–Trinajstić information content (AvgIpc) is 2.07. The van der Waals surface area contributed by atoms with Gasteiger partial charge in [-0.3, -0.25) is 4.79 Å². The number of hydrogen-bond acceptors (Lipinski definition) is 1. The van der Waals surface area contributed by atoms with Crippen LogP contribution in [0, 0.1) is 11.3 Å². The van der Waals surface area contributed by atoms with Gasteiger partial charge < -0.3 is 5.11 Å². The lowest BCUT2D eigenvalue weighted by molar-refractivity contribution is -0.139. The average molecular weight is 126 g/mol. The fraction of sp³-hybridized carbons (Fsp3) is 0.571. The summed E-state index contributed by atoms with van der Waals surface area (Å²) >= 11 is 0. The fourth-order valence-electron chi connectivity index (χ4n) is 1.09. The highest BCUT2D eigenvalue weighted by Crippen LogP contribution is 2.56. The smallest absolute Gasteiger partial charge is 0.311 e. The Balaban J connectivity index is 2.74. The molecule has 0 aromatic heterocycles. The van der Waals surface area contributed by atoms with Crippen LogP contribution in [0.2, 0.25) is 0 Å². The molecule has 2 heteroatoms. The quantitative estimate of drug-likeness (QED) is 0.537. The lowest BCUT2D eigenvalue weighted by Crippen LogP contribution is -2.02. The Bertz CT molecular complexity index is 179.